The molecule has 0 atom stereocenters. The summed E-state index contributed by atoms with van der Waals surface area (Å²) in [5.41, 5.74) is 0. The topological polar surface area (TPSA) is 86.3 Å². The second-order valence-corrected chi connectivity index (χ2v) is 5.83. The van der Waals surface area contributed by atoms with Crippen LogP contribution in [-0.2, 0) is 14.8 Å². The van der Waals surface area contributed by atoms with E-state index in [1.165, 1.54) is 18.2 Å². The molecule has 0 unspecified atom stereocenters. The first-order valence-corrected chi connectivity index (χ1v) is 6.63. The van der Waals surface area contributed by atoms with Crippen LogP contribution in [0.1, 0.15) is 0 Å². The number of halogens is 2. The van der Waals surface area contributed by atoms with Crippen LogP contribution in [0.2, 0.25) is 5.02 Å². The van der Waals surface area contributed by atoms with Gasteiger partial charge in [-0.3, -0.25) is 0 Å². The van der Waals surface area contributed by atoms with Crippen LogP contribution in [-0.4, -0.2) is 20.9 Å². The van der Waals surface area contributed by atoms with E-state index in [0.717, 1.165) is 0 Å². The second-order valence-electron chi connectivity index (χ2n) is 2.77. The SMILES string of the molecule is O=C([O-])CNS(=O)(=O)c1ccc(Br)cc1Cl. The molecule has 1 aromatic rings. The maximum Gasteiger partial charge on any atom is 0.242 e. The van der Waals surface area contributed by atoms with Crippen molar-refractivity contribution in [2.45, 2.75) is 4.90 Å². The van der Waals surface area contributed by atoms with Crippen LogP contribution < -0.4 is 9.83 Å². The largest absolute Gasteiger partial charge is 0.549 e. The van der Waals surface area contributed by atoms with E-state index in [1.807, 2.05) is 4.72 Å². The molecule has 16 heavy (non-hydrogen) atoms. The number of carbonyl (C=O) groups excluding carboxylic acids is 1. The number of nitrogens with one attached hydrogen (secondary N) is 1. The summed E-state index contributed by atoms with van der Waals surface area (Å²) in [5.74, 6) is -1.52. The number of hydrogen-bond acceptors (Lipinski definition) is 4. The Kier molecular flexibility index (Phi) is 4.31. The summed E-state index contributed by atoms with van der Waals surface area (Å²) >= 11 is 8.84. The van der Waals surface area contributed by atoms with Crippen molar-refractivity contribution in [3.63, 3.8) is 0 Å². The molecule has 0 radical (unpaired) electrons. The molecule has 0 spiro atoms. The van der Waals surface area contributed by atoms with Crippen molar-refractivity contribution in [3.8, 4) is 0 Å². The predicted molar refractivity (Wildman–Crippen MR) is 59.3 cm³/mol. The summed E-state index contributed by atoms with van der Waals surface area (Å²) in [4.78, 5) is 9.96. The third kappa shape index (κ3) is 3.44. The van der Waals surface area contributed by atoms with E-state index in [9.17, 15) is 18.3 Å². The predicted octanol–water partition coefficient (Wildman–Crippen LogP) is 0.131. The van der Waals surface area contributed by atoms with Gasteiger partial charge in [-0.15, -0.1) is 0 Å². The molecule has 0 bridgehead atoms. The van der Waals surface area contributed by atoms with E-state index in [-0.39, 0.29) is 9.92 Å². The minimum atomic E-state index is -3.93. The average molecular weight is 328 g/mol. The molecule has 0 saturated heterocycles. The standard InChI is InChI=1S/C8H7BrClNO4S/c9-5-1-2-7(6(10)3-5)16(14,15)11-4-8(12)13/h1-3,11H,4H2,(H,12,13)/p-1. The molecule has 1 rings (SSSR count). The van der Waals surface area contributed by atoms with Crippen molar-refractivity contribution in [3.05, 3.63) is 27.7 Å². The summed E-state index contributed by atoms with van der Waals surface area (Å²) in [7, 11) is -3.93. The quantitative estimate of drug-likeness (QED) is 0.852. The number of sulfonamides is 1. The monoisotopic (exact) mass is 326 g/mol. The Labute approximate surface area is 106 Å². The fourth-order valence-electron chi connectivity index (χ4n) is 0.925. The van der Waals surface area contributed by atoms with Gasteiger partial charge in [0.05, 0.1) is 17.5 Å². The molecule has 0 saturated carbocycles. The van der Waals surface area contributed by atoms with Crippen molar-refractivity contribution in [1.29, 1.82) is 0 Å². The van der Waals surface area contributed by atoms with Crippen LogP contribution in [0, 0.1) is 0 Å². The Hall–Kier alpha value is -0.630. The smallest absolute Gasteiger partial charge is 0.242 e. The van der Waals surface area contributed by atoms with Gasteiger partial charge < -0.3 is 9.90 Å². The van der Waals surface area contributed by atoms with Crippen molar-refractivity contribution in [2.75, 3.05) is 6.54 Å². The van der Waals surface area contributed by atoms with Crippen LogP contribution in [0.5, 0.6) is 0 Å². The molecule has 5 nitrogen and oxygen atoms in total. The first-order valence-electron chi connectivity index (χ1n) is 3.97. The fourth-order valence-corrected chi connectivity index (χ4v) is 2.93. The summed E-state index contributed by atoms with van der Waals surface area (Å²) in [6.07, 6.45) is 0. The van der Waals surface area contributed by atoms with E-state index in [4.69, 9.17) is 11.6 Å². The van der Waals surface area contributed by atoms with Gasteiger partial charge in [-0.25, -0.2) is 13.1 Å². The average Bonchev–Trinajstić information content (AvgIpc) is 2.14. The molecule has 0 aliphatic carbocycles. The summed E-state index contributed by atoms with van der Waals surface area (Å²) < 4.78 is 25.6. The van der Waals surface area contributed by atoms with Crippen LogP contribution in [0.3, 0.4) is 0 Å². The summed E-state index contributed by atoms with van der Waals surface area (Å²) in [5, 5.41) is 10.1. The van der Waals surface area contributed by atoms with Gasteiger partial charge in [0.1, 0.15) is 4.90 Å². The highest BCUT2D eigenvalue weighted by Gasteiger charge is 2.17. The molecule has 1 aromatic carbocycles. The van der Waals surface area contributed by atoms with Crippen LogP contribution in [0.4, 0.5) is 0 Å². The Morgan fingerprint density at radius 3 is 2.62 bits per heavy atom. The highest BCUT2D eigenvalue weighted by molar-refractivity contribution is 9.10. The van der Waals surface area contributed by atoms with E-state index in [1.54, 1.807) is 0 Å². The lowest BCUT2D eigenvalue weighted by Gasteiger charge is -2.08. The van der Waals surface area contributed by atoms with Gasteiger partial charge in [0, 0.05) is 4.47 Å². The van der Waals surface area contributed by atoms with Crippen LogP contribution >= 0.6 is 27.5 Å². The molecule has 0 aliphatic rings. The third-order valence-corrected chi connectivity index (χ3v) is 3.97. The van der Waals surface area contributed by atoms with Gasteiger partial charge in [0.25, 0.3) is 0 Å². The number of aliphatic carboxylic acids is 1. The Morgan fingerprint density at radius 2 is 2.12 bits per heavy atom. The molecular weight excluding hydrogens is 322 g/mol. The van der Waals surface area contributed by atoms with Crippen LogP contribution in [0.25, 0.3) is 0 Å². The first kappa shape index (κ1) is 13.4. The molecule has 0 fully saturated rings. The number of carbonyl (C=O) groups is 1. The summed E-state index contributed by atoms with van der Waals surface area (Å²) in [6, 6.07) is 4.15. The molecular formula is C8H6BrClNO4S-. The maximum absolute atomic E-state index is 11.6. The third-order valence-electron chi connectivity index (χ3n) is 1.59. The molecule has 0 aliphatic heterocycles. The Balaban J connectivity index is 3.03. The summed E-state index contributed by atoms with van der Waals surface area (Å²) in [6.45, 7) is -0.797. The van der Waals surface area contributed by atoms with Crippen molar-refractivity contribution in [2.24, 2.45) is 0 Å². The van der Waals surface area contributed by atoms with E-state index >= 15 is 0 Å². The highest BCUT2D eigenvalue weighted by Crippen LogP contribution is 2.24. The lowest BCUT2D eigenvalue weighted by Crippen LogP contribution is -2.37. The molecule has 88 valence electrons. The minimum Gasteiger partial charge on any atom is -0.549 e. The van der Waals surface area contributed by atoms with Crippen molar-refractivity contribution in [1.82, 2.24) is 4.72 Å². The Bertz CT molecular complexity index is 517. The second kappa shape index (κ2) is 5.13. The van der Waals surface area contributed by atoms with Gasteiger partial charge in [-0.05, 0) is 18.2 Å². The normalized spacial score (nSPS) is 11.4. The zero-order valence-electron chi connectivity index (χ0n) is 7.74. The van der Waals surface area contributed by atoms with Crippen molar-refractivity contribution < 1.29 is 18.3 Å². The van der Waals surface area contributed by atoms with E-state index < -0.39 is 22.5 Å². The molecule has 0 heterocycles. The molecule has 0 amide bonds. The lowest BCUT2D eigenvalue weighted by molar-refractivity contribution is -0.303. The zero-order valence-corrected chi connectivity index (χ0v) is 10.9. The zero-order chi connectivity index (χ0) is 12.3. The lowest BCUT2D eigenvalue weighted by atomic mass is 10.4. The van der Waals surface area contributed by atoms with Crippen LogP contribution in [0.15, 0.2) is 27.6 Å². The number of carboxylic acids is 1. The first-order chi connectivity index (χ1) is 7.33. The maximum atomic E-state index is 11.6. The highest BCUT2D eigenvalue weighted by atomic mass is 79.9. The van der Waals surface area contributed by atoms with E-state index in [0.29, 0.717) is 4.47 Å². The van der Waals surface area contributed by atoms with Crippen molar-refractivity contribution >= 4 is 43.5 Å². The molecule has 0 aromatic heterocycles. The van der Waals surface area contributed by atoms with Gasteiger partial charge in [-0.2, -0.15) is 0 Å². The fraction of sp³-hybridized carbons (Fsp3) is 0.125. The van der Waals surface area contributed by atoms with Gasteiger partial charge in [0.2, 0.25) is 10.0 Å². The van der Waals surface area contributed by atoms with E-state index in [2.05, 4.69) is 15.9 Å². The van der Waals surface area contributed by atoms with Gasteiger partial charge in [-0.1, -0.05) is 27.5 Å². The Morgan fingerprint density at radius 1 is 1.50 bits per heavy atom. The molecule has 1 N–H and O–H groups in total. The number of hydrogen-bond donors (Lipinski definition) is 1. The number of rotatable bonds is 4. The molecule has 8 heteroatoms. The van der Waals surface area contributed by atoms with Gasteiger partial charge in [0.15, 0.2) is 0 Å². The minimum absolute atomic E-state index is 0.000206. The number of benzene rings is 1. The number of carboxylic acid groups (broad SMARTS) is 1. The van der Waals surface area contributed by atoms with Gasteiger partial charge >= 0.3 is 0 Å².